The molecule has 0 fully saturated rings. The average Bonchev–Trinajstić information content (AvgIpc) is 2.41. The first-order chi connectivity index (χ1) is 9.41. The van der Waals surface area contributed by atoms with Crippen LogP contribution in [0.4, 0.5) is 13.2 Å². The van der Waals surface area contributed by atoms with E-state index in [9.17, 15) is 13.2 Å². The fourth-order valence-corrected chi connectivity index (χ4v) is 2.35. The van der Waals surface area contributed by atoms with Crippen LogP contribution in [0.2, 0.25) is 0 Å². The number of hydrogen-bond acceptors (Lipinski definition) is 1. The van der Waals surface area contributed by atoms with Crippen molar-refractivity contribution >= 4 is 0 Å². The zero-order chi connectivity index (χ0) is 15.2. The molecule has 0 aliphatic carbocycles. The molecule has 0 aromatic heterocycles. The van der Waals surface area contributed by atoms with E-state index in [1.165, 1.54) is 0 Å². The van der Waals surface area contributed by atoms with Gasteiger partial charge < -0.3 is 5.32 Å². The summed E-state index contributed by atoms with van der Waals surface area (Å²) in [4.78, 5) is 0. The minimum Gasteiger partial charge on any atom is -0.310 e. The molecular weight excluding hydrogens is 263 g/mol. The fraction of sp³-hybridized carbons (Fsp3) is 0.625. The highest BCUT2D eigenvalue weighted by Gasteiger charge is 2.33. The summed E-state index contributed by atoms with van der Waals surface area (Å²) in [5.74, 6) is 0. The van der Waals surface area contributed by atoms with E-state index in [1.54, 1.807) is 0 Å². The molecule has 1 atom stereocenters. The van der Waals surface area contributed by atoms with E-state index in [0.717, 1.165) is 36.0 Å². The molecule has 1 unspecified atom stereocenters. The Hall–Kier alpha value is -1.03. The van der Waals surface area contributed by atoms with Crippen LogP contribution in [-0.2, 0) is 12.8 Å². The molecule has 114 valence electrons. The van der Waals surface area contributed by atoms with Gasteiger partial charge in [0.05, 0.1) is 6.42 Å². The second-order valence-corrected chi connectivity index (χ2v) is 5.07. The van der Waals surface area contributed by atoms with Gasteiger partial charge in [0.1, 0.15) is 0 Å². The molecule has 20 heavy (non-hydrogen) atoms. The lowest BCUT2D eigenvalue weighted by atomic mass is 9.93. The van der Waals surface area contributed by atoms with Gasteiger partial charge in [0, 0.05) is 6.04 Å². The van der Waals surface area contributed by atoms with Gasteiger partial charge in [0.25, 0.3) is 0 Å². The number of nitrogens with one attached hydrogen (secondary N) is 1. The largest absolute Gasteiger partial charge is 0.390 e. The topological polar surface area (TPSA) is 12.0 Å². The van der Waals surface area contributed by atoms with Crippen molar-refractivity contribution in [1.29, 1.82) is 0 Å². The van der Waals surface area contributed by atoms with Gasteiger partial charge in [0.15, 0.2) is 0 Å². The van der Waals surface area contributed by atoms with Crippen LogP contribution in [0.25, 0.3) is 0 Å². The van der Waals surface area contributed by atoms with E-state index >= 15 is 0 Å². The molecule has 0 aliphatic heterocycles. The maximum atomic E-state index is 12.8. The molecular formula is C16H24F3N. The van der Waals surface area contributed by atoms with Gasteiger partial charge in [-0.2, -0.15) is 13.2 Å². The minimum absolute atomic E-state index is 0.597. The third kappa shape index (κ3) is 5.16. The number of rotatable bonds is 7. The van der Waals surface area contributed by atoms with Gasteiger partial charge in [-0.3, -0.25) is 0 Å². The molecule has 1 aromatic rings. The van der Waals surface area contributed by atoms with Crippen molar-refractivity contribution in [3.63, 3.8) is 0 Å². The smallest absolute Gasteiger partial charge is 0.310 e. The molecule has 0 saturated carbocycles. The van der Waals surface area contributed by atoms with Crippen molar-refractivity contribution in [1.82, 2.24) is 5.32 Å². The molecule has 1 rings (SSSR count). The normalized spacial score (nSPS) is 13.5. The van der Waals surface area contributed by atoms with E-state index in [-0.39, 0.29) is 0 Å². The summed E-state index contributed by atoms with van der Waals surface area (Å²) in [6, 6.07) is 5.26. The summed E-state index contributed by atoms with van der Waals surface area (Å²) in [6.07, 6.45) is -2.56. The monoisotopic (exact) mass is 287 g/mol. The Bertz CT molecular complexity index is 413. The Balaban J connectivity index is 3.09. The van der Waals surface area contributed by atoms with Crippen molar-refractivity contribution in [3.05, 3.63) is 34.9 Å². The van der Waals surface area contributed by atoms with Gasteiger partial charge in [-0.1, -0.05) is 39.0 Å². The third-order valence-electron chi connectivity index (χ3n) is 3.45. The molecule has 0 amide bonds. The van der Waals surface area contributed by atoms with Crippen LogP contribution < -0.4 is 5.32 Å². The molecule has 4 heteroatoms. The molecule has 0 bridgehead atoms. The Morgan fingerprint density at radius 1 is 1.10 bits per heavy atom. The first kappa shape index (κ1) is 17.0. The van der Waals surface area contributed by atoms with E-state index in [2.05, 4.69) is 5.32 Å². The van der Waals surface area contributed by atoms with Gasteiger partial charge >= 0.3 is 6.18 Å². The second-order valence-electron chi connectivity index (χ2n) is 5.07. The summed E-state index contributed by atoms with van der Waals surface area (Å²) in [5, 5.41) is 3.05. The second kappa shape index (κ2) is 7.67. The van der Waals surface area contributed by atoms with Crippen molar-refractivity contribution in [2.45, 2.75) is 58.7 Å². The lowest BCUT2D eigenvalue weighted by Gasteiger charge is -2.23. The van der Waals surface area contributed by atoms with Crippen LogP contribution >= 0.6 is 0 Å². The molecule has 1 nitrogen and oxygen atoms in total. The molecule has 0 spiro atoms. The first-order valence-corrected chi connectivity index (χ1v) is 7.33. The fourth-order valence-electron chi connectivity index (χ4n) is 2.35. The van der Waals surface area contributed by atoms with Crippen LogP contribution in [0.5, 0.6) is 0 Å². The molecule has 0 aliphatic rings. The highest BCUT2D eigenvalue weighted by Crippen LogP contribution is 2.32. The SMILES string of the molecule is CCCNC(CC(F)(F)F)c1cc(CC)ccc1CC. The number of hydrogen-bond donors (Lipinski definition) is 1. The van der Waals surface area contributed by atoms with Gasteiger partial charge in [-0.25, -0.2) is 0 Å². The van der Waals surface area contributed by atoms with E-state index in [4.69, 9.17) is 0 Å². The predicted molar refractivity (Wildman–Crippen MR) is 76.9 cm³/mol. The number of alkyl halides is 3. The Morgan fingerprint density at radius 3 is 2.30 bits per heavy atom. The lowest BCUT2D eigenvalue weighted by molar-refractivity contribution is -0.140. The summed E-state index contributed by atoms with van der Waals surface area (Å²) >= 11 is 0. The Morgan fingerprint density at radius 2 is 1.80 bits per heavy atom. The van der Waals surface area contributed by atoms with Crippen LogP contribution in [-0.4, -0.2) is 12.7 Å². The molecule has 0 saturated heterocycles. The third-order valence-corrected chi connectivity index (χ3v) is 3.45. The zero-order valence-corrected chi connectivity index (χ0v) is 12.5. The Kier molecular flexibility index (Phi) is 6.53. The van der Waals surface area contributed by atoms with Gasteiger partial charge in [-0.15, -0.1) is 0 Å². The summed E-state index contributed by atoms with van der Waals surface area (Å²) in [5.41, 5.74) is 2.89. The summed E-state index contributed by atoms with van der Waals surface area (Å²) < 4.78 is 38.4. The number of aryl methyl sites for hydroxylation is 2. The standard InChI is InChI=1S/C16H24F3N/c1-4-9-20-15(11-16(17,18)19)14-10-12(5-2)7-8-13(14)6-3/h7-8,10,15,20H,4-6,9,11H2,1-3H3. The summed E-state index contributed by atoms with van der Waals surface area (Å²) in [7, 11) is 0. The summed E-state index contributed by atoms with van der Waals surface area (Å²) in [6.45, 7) is 6.55. The maximum absolute atomic E-state index is 12.8. The van der Waals surface area contributed by atoms with E-state index in [0.29, 0.717) is 6.54 Å². The average molecular weight is 287 g/mol. The van der Waals surface area contributed by atoms with Crippen LogP contribution in [0.3, 0.4) is 0 Å². The number of halogens is 3. The van der Waals surface area contributed by atoms with Crippen molar-refractivity contribution in [3.8, 4) is 0 Å². The highest BCUT2D eigenvalue weighted by atomic mass is 19.4. The van der Waals surface area contributed by atoms with Crippen molar-refractivity contribution in [2.75, 3.05) is 6.54 Å². The van der Waals surface area contributed by atoms with Crippen LogP contribution in [0.1, 0.15) is 56.3 Å². The lowest BCUT2D eigenvalue weighted by Crippen LogP contribution is -2.28. The van der Waals surface area contributed by atoms with Crippen molar-refractivity contribution < 1.29 is 13.2 Å². The van der Waals surface area contributed by atoms with Gasteiger partial charge in [0.2, 0.25) is 0 Å². The van der Waals surface area contributed by atoms with E-state index < -0.39 is 18.6 Å². The molecule has 0 heterocycles. The zero-order valence-electron chi connectivity index (χ0n) is 12.5. The van der Waals surface area contributed by atoms with E-state index in [1.807, 2.05) is 39.0 Å². The molecule has 1 aromatic carbocycles. The van der Waals surface area contributed by atoms with Crippen LogP contribution in [0, 0.1) is 0 Å². The quantitative estimate of drug-likeness (QED) is 0.759. The van der Waals surface area contributed by atoms with Crippen molar-refractivity contribution in [2.24, 2.45) is 0 Å². The minimum atomic E-state index is -4.15. The predicted octanol–water partition coefficient (Wildman–Crippen LogP) is 4.80. The molecule has 0 radical (unpaired) electrons. The first-order valence-electron chi connectivity index (χ1n) is 7.33. The molecule has 1 N–H and O–H groups in total. The van der Waals surface area contributed by atoms with Gasteiger partial charge in [-0.05, 0) is 42.5 Å². The van der Waals surface area contributed by atoms with Crippen LogP contribution in [0.15, 0.2) is 18.2 Å². The maximum Gasteiger partial charge on any atom is 0.390 e. The highest BCUT2D eigenvalue weighted by molar-refractivity contribution is 5.34. The Labute approximate surface area is 119 Å². The number of benzene rings is 1.